The molecule has 0 radical (unpaired) electrons. The lowest BCUT2D eigenvalue weighted by atomic mass is 10.1. The van der Waals surface area contributed by atoms with Crippen molar-refractivity contribution < 1.29 is 14.3 Å². The van der Waals surface area contributed by atoms with E-state index in [4.69, 9.17) is 9.47 Å². The minimum atomic E-state index is -0.551. The van der Waals surface area contributed by atoms with Gasteiger partial charge in [-0.05, 0) is 67.3 Å². The van der Waals surface area contributed by atoms with Crippen molar-refractivity contribution in [3.05, 3.63) is 89.5 Å². The van der Waals surface area contributed by atoms with Crippen molar-refractivity contribution in [2.45, 2.75) is 39.9 Å². The van der Waals surface area contributed by atoms with Crippen LogP contribution in [-0.2, 0) is 11.4 Å². The van der Waals surface area contributed by atoms with E-state index in [1.54, 1.807) is 0 Å². The van der Waals surface area contributed by atoms with Gasteiger partial charge in [-0.2, -0.15) is 0 Å². The van der Waals surface area contributed by atoms with Crippen LogP contribution in [0.3, 0.4) is 0 Å². The van der Waals surface area contributed by atoms with E-state index < -0.39 is 6.10 Å². The number of benzene rings is 3. The monoisotopic (exact) mass is 389 g/mol. The molecule has 3 rings (SSSR count). The summed E-state index contributed by atoms with van der Waals surface area (Å²) in [5.74, 6) is 1.34. The summed E-state index contributed by atoms with van der Waals surface area (Å²) < 4.78 is 11.8. The Morgan fingerprint density at radius 3 is 2.34 bits per heavy atom. The molecule has 0 aliphatic carbocycles. The van der Waals surface area contributed by atoms with Gasteiger partial charge >= 0.3 is 0 Å². The second-order valence-electron chi connectivity index (χ2n) is 7.00. The molecule has 0 saturated heterocycles. The third kappa shape index (κ3) is 5.61. The van der Waals surface area contributed by atoms with Crippen molar-refractivity contribution >= 4 is 11.6 Å². The number of carbonyl (C=O) groups is 1. The first-order chi connectivity index (χ1) is 14.1. The van der Waals surface area contributed by atoms with Gasteiger partial charge in [-0.15, -0.1) is 0 Å². The van der Waals surface area contributed by atoms with Crippen molar-refractivity contribution in [2.24, 2.45) is 0 Å². The highest BCUT2D eigenvalue weighted by molar-refractivity contribution is 5.94. The van der Waals surface area contributed by atoms with Crippen molar-refractivity contribution in [1.29, 1.82) is 0 Å². The lowest BCUT2D eigenvalue weighted by molar-refractivity contribution is -0.122. The minimum Gasteiger partial charge on any atom is -0.489 e. The Labute approximate surface area is 172 Å². The number of carbonyl (C=O) groups excluding carboxylic acids is 1. The van der Waals surface area contributed by atoms with Crippen LogP contribution in [-0.4, -0.2) is 12.0 Å². The van der Waals surface area contributed by atoms with E-state index in [9.17, 15) is 4.79 Å². The topological polar surface area (TPSA) is 47.6 Å². The van der Waals surface area contributed by atoms with Crippen LogP contribution in [0, 0.1) is 13.8 Å². The fourth-order valence-electron chi connectivity index (χ4n) is 2.93. The van der Waals surface area contributed by atoms with Crippen LogP contribution in [0.2, 0.25) is 0 Å². The van der Waals surface area contributed by atoms with E-state index >= 15 is 0 Å². The zero-order valence-electron chi connectivity index (χ0n) is 17.1. The number of hydrogen-bond acceptors (Lipinski definition) is 3. The van der Waals surface area contributed by atoms with Gasteiger partial charge < -0.3 is 14.8 Å². The molecule has 4 nitrogen and oxygen atoms in total. The first-order valence-corrected chi connectivity index (χ1v) is 9.87. The Morgan fingerprint density at radius 1 is 0.931 bits per heavy atom. The first kappa shape index (κ1) is 20.5. The Morgan fingerprint density at radius 2 is 1.66 bits per heavy atom. The molecule has 0 unspecified atom stereocenters. The van der Waals surface area contributed by atoms with E-state index in [1.165, 1.54) is 0 Å². The lowest BCUT2D eigenvalue weighted by Crippen LogP contribution is -2.32. The van der Waals surface area contributed by atoms with E-state index in [-0.39, 0.29) is 5.91 Å². The molecule has 0 aliphatic heterocycles. The molecule has 1 amide bonds. The number of amides is 1. The molecule has 0 spiro atoms. The number of anilines is 1. The largest absolute Gasteiger partial charge is 0.489 e. The summed E-state index contributed by atoms with van der Waals surface area (Å²) in [5.41, 5.74) is 4.02. The quantitative estimate of drug-likeness (QED) is 0.539. The molecule has 150 valence electrons. The van der Waals surface area contributed by atoms with Crippen LogP contribution >= 0.6 is 0 Å². The summed E-state index contributed by atoms with van der Waals surface area (Å²) >= 11 is 0. The Bertz CT molecular complexity index is 936. The van der Waals surface area contributed by atoms with Crippen LogP contribution in [0.1, 0.15) is 30.0 Å². The molecule has 0 heterocycles. The number of hydrogen-bond donors (Lipinski definition) is 1. The van der Waals surface area contributed by atoms with Crippen LogP contribution in [0.25, 0.3) is 0 Å². The summed E-state index contributed by atoms with van der Waals surface area (Å²) in [7, 11) is 0. The second-order valence-corrected chi connectivity index (χ2v) is 7.00. The van der Waals surface area contributed by atoms with Gasteiger partial charge in [0.05, 0.1) is 0 Å². The van der Waals surface area contributed by atoms with Gasteiger partial charge in [-0.3, -0.25) is 4.79 Å². The fraction of sp³-hybridized carbons (Fsp3) is 0.240. The highest BCUT2D eigenvalue weighted by atomic mass is 16.5. The maximum atomic E-state index is 12.7. The maximum absolute atomic E-state index is 12.7. The van der Waals surface area contributed by atoms with Crippen molar-refractivity contribution in [1.82, 2.24) is 0 Å². The molecule has 0 aliphatic rings. The van der Waals surface area contributed by atoms with E-state index in [2.05, 4.69) is 5.32 Å². The first-order valence-electron chi connectivity index (χ1n) is 9.87. The van der Waals surface area contributed by atoms with Crippen molar-refractivity contribution in [3.63, 3.8) is 0 Å². The number of ether oxygens (including phenoxy) is 2. The lowest BCUT2D eigenvalue weighted by Gasteiger charge is -2.19. The molecule has 1 N–H and O–H groups in total. The third-order valence-electron chi connectivity index (χ3n) is 4.86. The zero-order chi connectivity index (χ0) is 20.6. The second kappa shape index (κ2) is 9.78. The predicted molar refractivity (Wildman–Crippen MR) is 116 cm³/mol. The average Bonchev–Trinajstić information content (AvgIpc) is 2.75. The third-order valence-corrected chi connectivity index (χ3v) is 4.86. The minimum absolute atomic E-state index is 0.161. The molecular formula is C25H27NO3. The summed E-state index contributed by atoms with van der Waals surface area (Å²) in [6.07, 6.45) is 0.0295. The summed E-state index contributed by atoms with van der Waals surface area (Å²) in [6.45, 7) is 6.48. The van der Waals surface area contributed by atoms with Gasteiger partial charge in [0.1, 0.15) is 18.1 Å². The molecule has 3 aromatic carbocycles. The molecule has 4 heteroatoms. The van der Waals surface area contributed by atoms with Crippen LogP contribution in [0.5, 0.6) is 11.5 Å². The Balaban J connectivity index is 1.58. The zero-order valence-corrected chi connectivity index (χ0v) is 17.1. The smallest absolute Gasteiger partial charge is 0.265 e. The van der Waals surface area contributed by atoms with E-state index in [0.29, 0.717) is 18.7 Å². The summed E-state index contributed by atoms with van der Waals surface area (Å²) in [6, 6.07) is 23.3. The van der Waals surface area contributed by atoms with Crippen LogP contribution in [0.15, 0.2) is 72.8 Å². The normalized spacial score (nSPS) is 11.6. The molecule has 0 fully saturated rings. The van der Waals surface area contributed by atoms with Crippen molar-refractivity contribution in [2.75, 3.05) is 5.32 Å². The molecule has 0 bridgehead atoms. The SMILES string of the molecule is CC[C@H](Oc1cccc(C)c1C)C(=O)Nc1ccc(OCc2ccccc2)cc1. The highest BCUT2D eigenvalue weighted by Gasteiger charge is 2.19. The summed E-state index contributed by atoms with van der Waals surface area (Å²) in [5, 5.41) is 2.93. The van der Waals surface area contributed by atoms with Crippen molar-refractivity contribution in [3.8, 4) is 11.5 Å². The Hall–Kier alpha value is -3.27. The van der Waals surface area contributed by atoms with Crippen LogP contribution < -0.4 is 14.8 Å². The van der Waals surface area contributed by atoms with E-state index in [0.717, 1.165) is 28.2 Å². The molecule has 1 atom stereocenters. The molecule has 3 aromatic rings. The van der Waals surface area contributed by atoms with Gasteiger partial charge in [0.25, 0.3) is 5.91 Å². The average molecular weight is 389 g/mol. The predicted octanol–water partition coefficient (Wildman–Crippen LogP) is 5.68. The molecule has 0 saturated carbocycles. The number of aryl methyl sites for hydroxylation is 1. The molecular weight excluding hydrogens is 362 g/mol. The van der Waals surface area contributed by atoms with Crippen LogP contribution in [0.4, 0.5) is 5.69 Å². The number of nitrogens with one attached hydrogen (secondary N) is 1. The summed E-state index contributed by atoms with van der Waals surface area (Å²) in [4.78, 5) is 12.7. The van der Waals surface area contributed by atoms with E-state index in [1.807, 2.05) is 93.6 Å². The standard InChI is InChI=1S/C25H27NO3/c1-4-23(29-24-12-8-9-18(2)19(24)3)25(27)26-21-13-15-22(16-14-21)28-17-20-10-6-5-7-11-20/h5-16,23H,4,17H2,1-3H3,(H,26,27)/t23-/m0/s1. The highest BCUT2D eigenvalue weighted by Crippen LogP contribution is 2.23. The van der Waals surface area contributed by atoms with Gasteiger partial charge in [0.2, 0.25) is 0 Å². The van der Waals surface area contributed by atoms with Gasteiger partial charge in [-0.1, -0.05) is 49.4 Å². The molecule has 29 heavy (non-hydrogen) atoms. The molecule has 0 aromatic heterocycles. The number of rotatable bonds is 8. The Kier molecular flexibility index (Phi) is 6.90. The fourth-order valence-corrected chi connectivity index (χ4v) is 2.93. The van der Waals surface area contributed by atoms with Gasteiger partial charge in [0.15, 0.2) is 6.10 Å². The van der Waals surface area contributed by atoms with Gasteiger partial charge in [0, 0.05) is 5.69 Å². The maximum Gasteiger partial charge on any atom is 0.265 e. The van der Waals surface area contributed by atoms with Gasteiger partial charge in [-0.25, -0.2) is 0 Å².